The van der Waals surface area contributed by atoms with Crippen molar-refractivity contribution in [3.63, 3.8) is 0 Å². The van der Waals surface area contributed by atoms with Gasteiger partial charge in [-0.25, -0.2) is 4.98 Å². The molecular formula is C26H24ClN3O3S. The van der Waals surface area contributed by atoms with E-state index in [4.69, 9.17) is 16.3 Å². The Balaban J connectivity index is 1.38. The van der Waals surface area contributed by atoms with E-state index in [1.807, 2.05) is 79.1 Å². The molecule has 1 aromatic heterocycles. The second kappa shape index (κ2) is 10.8. The van der Waals surface area contributed by atoms with Crippen molar-refractivity contribution >= 4 is 52.0 Å². The summed E-state index contributed by atoms with van der Waals surface area (Å²) >= 11 is 7.41. The highest BCUT2D eigenvalue weighted by atomic mass is 35.5. The Morgan fingerprint density at radius 3 is 2.59 bits per heavy atom. The molecule has 1 amide bonds. The third-order valence-corrected chi connectivity index (χ3v) is 6.52. The summed E-state index contributed by atoms with van der Waals surface area (Å²) in [5.41, 5.74) is 5.69. The highest BCUT2D eigenvalue weighted by Crippen LogP contribution is 2.27. The van der Waals surface area contributed by atoms with Crippen LogP contribution in [0.4, 0.5) is 5.69 Å². The van der Waals surface area contributed by atoms with Crippen LogP contribution in [0.3, 0.4) is 0 Å². The van der Waals surface area contributed by atoms with Gasteiger partial charge in [0.25, 0.3) is 5.91 Å². The van der Waals surface area contributed by atoms with Crippen LogP contribution in [-0.2, 0) is 20.9 Å². The van der Waals surface area contributed by atoms with Crippen molar-refractivity contribution in [2.45, 2.75) is 25.5 Å². The number of carbonyl (C=O) groups is 2. The minimum Gasteiger partial charge on any atom is -0.455 e. The molecule has 0 saturated heterocycles. The van der Waals surface area contributed by atoms with Crippen molar-refractivity contribution in [1.29, 1.82) is 0 Å². The quantitative estimate of drug-likeness (QED) is 0.254. The lowest BCUT2D eigenvalue weighted by molar-refractivity contribution is -0.144. The van der Waals surface area contributed by atoms with Crippen LogP contribution in [0.15, 0.2) is 71.9 Å². The van der Waals surface area contributed by atoms with Gasteiger partial charge in [-0.1, -0.05) is 59.8 Å². The minimum absolute atomic E-state index is 0.0305. The number of ether oxygens (including phenoxy) is 1. The number of aryl methyl sites for hydroxylation is 2. The third-order valence-electron chi connectivity index (χ3n) is 5.33. The molecule has 0 aliphatic rings. The zero-order valence-corrected chi connectivity index (χ0v) is 20.4. The largest absolute Gasteiger partial charge is 0.455 e. The molecule has 0 unspecified atom stereocenters. The highest BCUT2D eigenvalue weighted by molar-refractivity contribution is 7.99. The molecule has 0 radical (unpaired) electrons. The summed E-state index contributed by atoms with van der Waals surface area (Å²) in [7, 11) is 0. The van der Waals surface area contributed by atoms with Crippen LogP contribution < -0.4 is 5.32 Å². The molecule has 0 aliphatic carbocycles. The van der Waals surface area contributed by atoms with Gasteiger partial charge in [0.2, 0.25) is 0 Å². The number of benzene rings is 3. The van der Waals surface area contributed by atoms with Crippen molar-refractivity contribution in [3.05, 3.63) is 88.4 Å². The predicted molar refractivity (Wildman–Crippen MR) is 137 cm³/mol. The molecule has 4 rings (SSSR count). The molecule has 0 saturated carbocycles. The lowest BCUT2D eigenvalue weighted by Gasteiger charge is -2.10. The molecule has 6 nitrogen and oxygen atoms in total. The summed E-state index contributed by atoms with van der Waals surface area (Å²) in [6.07, 6.45) is 0. The number of carbonyl (C=O) groups excluding carboxylic acids is 2. The number of aromatic nitrogens is 2. The second-order valence-electron chi connectivity index (χ2n) is 7.90. The van der Waals surface area contributed by atoms with Gasteiger partial charge in [-0.05, 0) is 60.9 Å². The van der Waals surface area contributed by atoms with Crippen LogP contribution in [-0.4, -0.2) is 33.8 Å². The molecule has 0 atom stereocenters. The van der Waals surface area contributed by atoms with Gasteiger partial charge in [-0.15, -0.1) is 0 Å². The van der Waals surface area contributed by atoms with Crippen molar-refractivity contribution in [2.75, 3.05) is 17.7 Å². The lowest BCUT2D eigenvalue weighted by atomic mass is 10.1. The first-order chi connectivity index (χ1) is 16.4. The zero-order chi connectivity index (χ0) is 24.1. The van der Waals surface area contributed by atoms with Gasteiger partial charge in [-0.2, -0.15) is 0 Å². The molecule has 0 fully saturated rings. The number of nitrogens with one attached hydrogen (secondary N) is 1. The van der Waals surface area contributed by atoms with E-state index >= 15 is 0 Å². The van der Waals surface area contributed by atoms with Gasteiger partial charge < -0.3 is 14.6 Å². The second-order valence-corrected chi connectivity index (χ2v) is 9.27. The number of amides is 1. The molecule has 1 N–H and O–H groups in total. The Labute approximate surface area is 207 Å². The highest BCUT2D eigenvalue weighted by Gasteiger charge is 2.15. The minimum atomic E-state index is -0.489. The Bertz CT molecular complexity index is 1340. The maximum Gasteiger partial charge on any atom is 0.316 e. The van der Waals surface area contributed by atoms with Gasteiger partial charge in [0.05, 0.1) is 23.3 Å². The fourth-order valence-electron chi connectivity index (χ4n) is 3.44. The number of rotatable bonds is 8. The number of nitrogens with zero attached hydrogens (tertiary/aromatic N) is 2. The molecule has 34 heavy (non-hydrogen) atoms. The average Bonchev–Trinajstić information content (AvgIpc) is 3.15. The molecule has 8 heteroatoms. The van der Waals surface area contributed by atoms with Gasteiger partial charge >= 0.3 is 5.97 Å². The van der Waals surface area contributed by atoms with Crippen LogP contribution in [0.2, 0.25) is 5.02 Å². The summed E-state index contributed by atoms with van der Waals surface area (Å²) in [4.78, 5) is 29.2. The van der Waals surface area contributed by atoms with Crippen molar-refractivity contribution in [1.82, 2.24) is 9.55 Å². The van der Waals surface area contributed by atoms with Crippen LogP contribution in [0.5, 0.6) is 0 Å². The van der Waals surface area contributed by atoms with Gasteiger partial charge in [-0.3, -0.25) is 9.59 Å². The molecule has 1 heterocycles. The summed E-state index contributed by atoms with van der Waals surface area (Å²) in [5.74, 6) is -0.841. The van der Waals surface area contributed by atoms with E-state index in [-0.39, 0.29) is 18.3 Å². The van der Waals surface area contributed by atoms with E-state index in [2.05, 4.69) is 10.3 Å². The molecule has 0 aliphatic heterocycles. The topological polar surface area (TPSA) is 73.2 Å². The summed E-state index contributed by atoms with van der Waals surface area (Å²) in [6.45, 7) is 4.24. The number of hydrogen-bond donors (Lipinski definition) is 1. The standard InChI is InChI=1S/C26H24ClN3O3S/c1-17-8-10-21(12-18(17)2)28-24(31)15-33-25(32)16-34-26-29-22-13-20(27)9-11-23(22)30(26)14-19-6-4-3-5-7-19/h3-13H,14-16H2,1-2H3,(H,28,31). The van der Waals surface area contributed by atoms with Gasteiger partial charge in [0, 0.05) is 10.7 Å². The molecule has 0 bridgehead atoms. The number of imidazole rings is 1. The first kappa shape index (κ1) is 23.9. The Kier molecular flexibility index (Phi) is 7.55. The predicted octanol–water partition coefficient (Wildman–Crippen LogP) is 5.63. The maximum atomic E-state index is 12.3. The number of fused-ring (bicyclic) bond motifs is 1. The van der Waals surface area contributed by atoms with E-state index in [0.29, 0.717) is 22.4 Å². The molecule has 174 valence electrons. The fraction of sp³-hybridized carbons (Fsp3) is 0.192. The zero-order valence-electron chi connectivity index (χ0n) is 18.9. The van der Waals surface area contributed by atoms with Crippen molar-refractivity contribution in [2.24, 2.45) is 0 Å². The first-order valence-corrected chi connectivity index (χ1v) is 12.1. The Morgan fingerprint density at radius 1 is 1.03 bits per heavy atom. The van der Waals surface area contributed by atoms with E-state index in [1.165, 1.54) is 11.8 Å². The van der Waals surface area contributed by atoms with Crippen LogP contribution in [0.25, 0.3) is 11.0 Å². The summed E-state index contributed by atoms with van der Waals surface area (Å²) in [6, 6.07) is 21.2. The lowest BCUT2D eigenvalue weighted by Crippen LogP contribution is -2.21. The molecule has 0 spiro atoms. The maximum absolute atomic E-state index is 12.3. The van der Waals surface area contributed by atoms with Gasteiger partial charge in [0.15, 0.2) is 11.8 Å². The first-order valence-electron chi connectivity index (χ1n) is 10.7. The van der Waals surface area contributed by atoms with E-state index in [9.17, 15) is 9.59 Å². The van der Waals surface area contributed by atoms with E-state index < -0.39 is 5.97 Å². The Morgan fingerprint density at radius 2 is 1.82 bits per heavy atom. The number of esters is 1. The monoisotopic (exact) mass is 493 g/mol. The van der Waals surface area contributed by atoms with E-state index in [1.54, 1.807) is 6.07 Å². The summed E-state index contributed by atoms with van der Waals surface area (Å²) < 4.78 is 7.22. The number of halogens is 1. The van der Waals surface area contributed by atoms with Crippen molar-refractivity contribution in [3.8, 4) is 0 Å². The van der Waals surface area contributed by atoms with Crippen LogP contribution in [0, 0.1) is 13.8 Å². The smallest absolute Gasteiger partial charge is 0.316 e. The van der Waals surface area contributed by atoms with Crippen molar-refractivity contribution < 1.29 is 14.3 Å². The molecule has 3 aromatic carbocycles. The SMILES string of the molecule is Cc1ccc(NC(=O)COC(=O)CSc2nc3cc(Cl)ccc3n2Cc2ccccc2)cc1C. The average molecular weight is 494 g/mol. The van der Waals surface area contributed by atoms with Gasteiger partial charge in [0.1, 0.15) is 0 Å². The number of thioether (sulfide) groups is 1. The molecular weight excluding hydrogens is 470 g/mol. The molecule has 4 aromatic rings. The summed E-state index contributed by atoms with van der Waals surface area (Å²) in [5, 5.41) is 4.02. The van der Waals surface area contributed by atoms with Crippen LogP contribution >= 0.6 is 23.4 Å². The van der Waals surface area contributed by atoms with Crippen LogP contribution in [0.1, 0.15) is 16.7 Å². The van der Waals surface area contributed by atoms with E-state index in [0.717, 1.165) is 27.7 Å². The third kappa shape index (κ3) is 5.98. The normalized spacial score (nSPS) is 10.9. The number of hydrogen-bond acceptors (Lipinski definition) is 5. The Hall–Kier alpha value is -3.29. The fourth-order valence-corrected chi connectivity index (χ4v) is 4.42. The number of anilines is 1.